The van der Waals surface area contributed by atoms with Gasteiger partial charge in [0.2, 0.25) is 0 Å². The Morgan fingerprint density at radius 2 is 2.29 bits per heavy atom. The zero-order valence-corrected chi connectivity index (χ0v) is 13.6. The predicted octanol–water partition coefficient (Wildman–Crippen LogP) is 2.89. The maximum absolute atomic E-state index is 5.84. The minimum absolute atomic E-state index is 0.435. The molecule has 1 saturated carbocycles. The molecule has 1 aliphatic rings. The van der Waals surface area contributed by atoms with Crippen molar-refractivity contribution >= 4 is 15.9 Å². The highest BCUT2D eigenvalue weighted by Crippen LogP contribution is 2.25. The van der Waals surface area contributed by atoms with E-state index in [0.29, 0.717) is 12.6 Å². The highest BCUT2D eigenvalue weighted by Gasteiger charge is 2.20. The number of halogens is 1. The number of nitrogens with one attached hydrogen (secondary N) is 1. The van der Waals surface area contributed by atoms with Crippen LogP contribution in [-0.4, -0.2) is 20.8 Å². The van der Waals surface area contributed by atoms with Crippen LogP contribution >= 0.6 is 15.9 Å². The Balaban J connectivity index is 1.63. The van der Waals surface area contributed by atoms with Crippen molar-refractivity contribution in [1.82, 2.24) is 20.1 Å². The normalized spacial score (nSPS) is 14.4. The van der Waals surface area contributed by atoms with Crippen molar-refractivity contribution in [3.63, 3.8) is 0 Å². The molecule has 0 amide bonds. The summed E-state index contributed by atoms with van der Waals surface area (Å²) < 4.78 is 8.79. The fourth-order valence-corrected chi connectivity index (χ4v) is 2.52. The van der Waals surface area contributed by atoms with E-state index in [9.17, 15) is 0 Å². The number of aromatic nitrogens is 3. The molecule has 0 spiro atoms. The summed E-state index contributed by atoms with van der Waals surface area (Å²) in [5.41, 5.74) is 1.22. The van der Waals surface area contributed by atoms with Gasteiger partial charge in [-0.25, -0.2) is 9.67 Å². The summed E-state index contributed by atoms with van der Waals surface area (Å²) in [4.78, 5) is 4.22. The van der Waals surface area contributed by atoms with Crippen molar-refractivity contribution in [2.24, 2.45) is 0 Å². The summed E-state index contributed by atoms with van der Waals surface area (Å²) in [5.74, 6) is 1.70. The molecule has 2 aromatic rings. The highest BCUT2D eigenvalue weighted by molar-refractivity contribution is 9.10. The summed E-state index contributed by atoms with van der Waals surface area (Å²) in [6.45, 7) is 4.15. The lowest BCUT2D eigenvalue weighted by Gasteiger charge is -2.10. The molecule has 6 heteroatoms. The van der Waals surface area contributed by atoms with Gasteiger partial charge < -0.3 is 10.1 Å². The quantitative estimate of drug-likeness (QED) is 0.834. The topological polar surface area (TPSA) is 52.0 Å². The van der Waals surface area contributed by atoms with Gasteiger partial charge in [-0.2, -0.15) is 5.10 Å². The minimum Gasteiger partial charge on any atom is -0.486 e. The largest absolute Gasteiger partial charge is 0.486 e. The zero-order chi connectivity index (χ0) is 14.7. The third kappa shape index (κ3) is 3.83. The average molecular weight is 351 g/mol. The van der Waals surface area contributed by atoms with Gasteiger partial charge in [0.1, 0.15) is 18.7 Å². The van der Waals surface area contributed by atoms with E-state index >= 15 is 0 Å². The van der Waals surface area contributed by atoms with Gasteiger partial charge in [-0.1, -0.05) is 15.9 Å². The second kappa shape index (κ2) is 6.58. The fourth-order valence-electron chi connectivity index (χ4n) is 2.13. The third-order valence-electron chi connectivity index (χ3n) is 3.54. The molecule has 1 aromatic heterocycles. The number of benzene rings is 1. The van der Waals surface area contributed by atoms with Crippen LogP contribution in [0.1, 0.15) is 31.2 Å². The number of aryl methyl sites for hydroxylation is 1. The van der Waals surface area contributed by atoms with Gasteiger partial charge >= 0.3 is 0 Å². The lowest BCUT2D eigenvalue weighted by molar-refractivity contribution is 0.287. The highest BCUT2D eigenvalue weighted by atomic mass is 79.9. The summed E-state index contributed by atoms with van der Waals surface area (Å²) in [7, 11) is 0. The van der Waals surface area contributed by atoms with Gasteiger partial charge in [-0.15, -0.1) is 0 Å². The van der Waals surface area contributed by atoms with Crippen molar-refractivity contribution in [2.75, 3.05) is 0 Å². The van der Waals surface area contributed by atoms with E-state index in [1.165, 1.54) is 18.4 Å². The van der Waals surface area contributed by atoms with E-state index in [2.05, 4.69) is 37.4 Å². The number of hydrogen-bond donors (Lipinski definition) is 1. The maximum Gasteiger partial charge on any atom is 0.164 e. The first-order chi connectivity index (χ1) is 10.3. The summed E-state index contributed by atoms with van der Waals surface area (Å²) in [6.07, 6.45) is 4.15. The maximum atomic E-state index is 5.84. The first kappa shape index (κ1) is 14.5. The van der Waals surface area contributed by atoms with Crippen LogP contribution in [0.25, 0.3) is 0 Å². The SMILES string of the molecule is CCn1ncnc1COc1ccc(Br)c(CNC2CC2)c1. The third-order valence-corrected chi connectivity index (χ3v) is 4.31. The molecule has 1 N–H and O–H groups in total. The molecule has 0 atom stereocenters. The van der Waals surface area contributed by atoms with Crippen LogP contribution in [0.3, 0.4) is 0 Å². The molecule has 1 aromatic carbocycles. The van der Waals surface area contributed by atoms with Gasteiger partial charge in [0, 0.05) is 23.6 Å². The summed E-state index contributed by atoms with van der Waals surface area (Å²) in [5, 5.41) is 7.66. The number of nitrogens with zero attached hydrogens (tertiary/aromatic N) is 3. The number of ether oxygens (including phenoxy) is 1. The second-order valence-corrected chi connectivity index (χ2v) is 6.04. The van der Waals surface area contributed by atoms with E-state index in [4.69, 9.17) is 4.74 Å². The van der Waals surface area contributed by atoms with Crippen molar-refractivity contribution < 1.29 is 4.74 Å². The molecule has 112 valence electrons. The van der Waals surface area contributed by atoms with Crippen LogP contribution in [0.15, 0.2) is 29.0 Å². The Morgan fingerprint density at radius 1 is 1.43 bits per heavy atom. The molecule has 0 saturated heterocycles. The smallest absolute Gasteiger partial charge is 0.164 e. The minimum atomic E-state index is 0.435. The molecule has 5 nitrogen and oxygen atoms in total. The van der Waals surface area contributed by atoms with E-state index in [1.54, 1.807) is 6.33 Å². The van der Waals surface area contributed by atoms with Crippen molar-refractivity contribution in [3.8, 4) is 5.75 Å². The van der Waals surface area contributed by atoms with Crippen LogP contribution in [0.4, 0.5) is 0 Å². The molecule has 1 aliphatic carbocycles. The molecule has 0 unspecified atom stereocenters. The van der Waals surface area contributed by atoms with Crippen LogP contribution in [-0.2, 0) is 19.7 Å². The van der Waals surface area contributed by atoms with Crippen LogP contribution in [0, 0.1) is 0 Å². The van der Waals surface area contributed by atoms with Gasteiger partial charge in [0.05, 0.1) is 0 Å². The molecule has 0 radical (unpaired) electrons. The molecule has 1 fully saturated rings. The number of rotatable bonds is 7. The lowest BCUT2D eigenvalue weighted by Crippen LogP contribution is -2.15. The number of hydrogen-bond acceptors (Lipinski definition) is 4. The second-order valence-electron chi connectivity index (χ2n) is 5.19. The lowest BCUT2D eigenvalue weighted by atomic mass is 10.2. The van der Waals surface area contributed by atoms with Gasteiger partial charge in [-0.05, 0) is 43.5 Å². The van der Waals surface area contributed by atoms with Gasteiger partial charge in [0.15, 0.2) is 5.82 Å². The molecule has 3 rings (SSSR count). The Morgan fingerprint density at radius 3 is 3.05 bits per heavy atom. The standard InChI is InChI=1S/C15H19BrN4O/c1-2-20-15(18-10-19-20)9-21-13-5-6-14(16)11(7-13)8-17-12-3-4-12/h5-7,10,12,17H,2-4,8-9H2,1H3. The van der Waals surface area contributed by atoms with Crippen molar-refractivity contribution in [2.45, 2.75) is 45.5 Å². The predicted molar refractivity (Wildman–Crippen MR) is 84.0 cm³/mol. The Bertz CT molecular complexity index is 609. The van der Waals surface area contributed by atoms with Crippen molar-refractivity contribution in [1.29, 1.82) is 0 Å². The van der Waals surface area contributed by atoms with Gasteiger partial charge in [0.25, 0.3) is 0 Å². The average Bonchev–Trinajstić information content (AvgIpc) is 3.21. The van der Waals surface area contributed by atoms with Crippen LogP contribution < -0.4 is 10.1 Å². The first-order valence-corrected chi connectivity index (χ1v) is 8.07. The van der Waals surface area contributed by atoms with Gasteiger partial charge in [-0.3, -0.25) is 0 Å². The van der Waals surface area contributed by atoms with Crippen LogP contribution in [0.2, 0.25) is 0 Å². The molecular formula is C15H19BrN4O. The summed E-state index contributed by atoms with van der Waals surface area (Å²) >= 11 is 3.59. The summed E-state index contributed by atoms with van der Waals surface area (Å²) in [6, 6.07) is 6.78. The molecular weight excluding hydrogens is 332 g/mol. The fraction of sp³-hybridized carbons (Fsp3) is 0.467. The van der Waals surface area contributed by atoms with E-state index in [0.717, 1.165) is 29.1 Å². The molecule has 0 aliphatic heterocycles. The zero-order valence-electron chi connectivity index (χ0n) is 12.1. The Hall–Kier alpha value is -1.40. The van der Waals surface area contributed by atoms with E-state index in [-0.39, 0.29) is 0 Å². The van der Waals surface area contributed by atoms with E-state index in [1.807, 2.05) is 23.7 Å². The van der Waals surface area contributed by atoms with E-state index < -0.39 is 0 Å². The molecule has 0 bridgehead atoms. The Kier molecular flexibility index (Phi) is 4.55. The Labute approximate surface area is 132 Å². The van der Waals surface area contributed by atoms with Crippen molar-refractivity contribution in [3.05, 3.63) is 40.4 Å². The molecule has 1 heterocycles. The first-order valence-electron chi connectivity index (χ1n) is 7.27. The van der Waals surface area contributed by atoms with Crippen LogP contribution in [0.5, 0.6) is 5.75 Å². The molecule has 21 heavy (non-hydrogen) atoms. The monoisotopic (exact) mass is 350 g/mol.